The van der Waals surface area contributed by atoms with Crippen molar-refractivity contribution in [3.05, 3.63) is 39.4 Å². The van der Waals surface area contributed by atoms with Gasteiger partial charge in [0, 0.05) is 19.7 Å². The Morgan fingerprint density at radius 3 is 2.83 bits per heavy atom. The van der Waals surface area contributed by atoms with Crippen molar-refractivity contribution >= 4 is 24.0 Å². The molecule has 0 radical (unpaired) electrons. The number of aryl methyl sites for hydroxylation is 1. The largest absolute Gasteiger partial charge is 0.383 e. The first kappa shape index (κ1) is 19.3. The van der Waals surface area contributed by atoms with Gasteiger partial charge in [-0.25, -0.2) is 0 Å². The van der Waals surface area contributed by atoms with Crippen molar-refractivity contribution in [3.63, 3.8) is 0 Å². The molecule has 1 fully saturated rings. The van der Waals surface area contributed by atoms with Gasteiger partial charge in [-0.05, 0) is 31.9 Å². The number of hydrogen-bond donors (Lipinski definition) is 2. The molecule has 1 amide bonds. The molecule has 2 rings (SSSR count). The molecular formula is C15H22ClN3O4. The Hall–Kier alpha value is -1.70. The van der Waals surface area contributed by atoms with Crippen LogP contribution >= 0.6 is 12.4 Å². The molecule has 8 heteroatoms. The van der Waals surface area contributed by atoms with Crippen LogP contribution < -0.4 is 10.6 Å². The van der Waals surface area contributed by atoms with Crippen LogP contribution in [0.3, 0.4) is 0 Å². The predicted molar refractivity (Wildman–Crippen MR) is 89.3 cm³/mol. The van der Waals surface area contributed by atoms with Gasteiger partial charge in [-0.2, -0.15) is 0 Å². The van der Waals surface area contributed by atoms with Crippen LogP contribution in [0.25, 0.3) is 0 Å². The van der Waals surface area contributed by atoms with Crippen molar-refractivity contribution in [1.29, 1.82) is 0 Å². The number of methoxy groups -OCH3 is 1. The zero-order chi connectivity index (χ0) is 16.2. The standard InChI is InChI=1S/C15H21N3O4.ClH/c1-11-5-3-6-12(18(20)21)13(11)14(19)16-9-15(10-22-2)7-4-8-17-15;/h3,5-6,17H,4,7-10H2,1-2H3,(H,16,19);1H. The molecular weight excluding hydrogens is 322 g/mol. The number of carbonyl (C=O) groups is 1. The van der Waals surface area contributed by atoms with Crippen LogP contribution in [-0.4, -0.2) is 43.2 Å². The molecule has 0 bridgehead atoms. The van der Waals surface area contributed by atoms with E-state index in [1.54, 1.807) is 26.2 Å². The molecule has 1 aliphatic heterocycles. The molecule has 1 atom stereocenters. The van der Waals surface area contributed by atoms with Gasteiger partial charge in [0.2, 0.25) is 0 Å². The van der Waals surface area contributed by atoms with Crippen molar-refractivity contribution in [2.45, 2.75) is 25.3 Å². The van der Waals surface area contributed by atoms with E-state index in [0.717, 1.165) is 19.4 Å². The minimum atomic E-state index is -0.527. The highest BCUT2D eigenvalue weighted by Crippen LogP contribution is 2.23. The highest BCUT2D eigenvalue weighted by atomic mass is 35.5. The maximum Gasteiger partial charge on any atom is 0.282 e. The summed E-state index contributed by atoms with van der Waals surface area (Å²) in [7, 11) is 1.62. The fraction of sp³-hybridized carbons (Fsp3) is 0.533. The smallest absolute Gasteiger partial charge is 0.282 e. The lowest BCUT2D eigenvalue weighted by molar-refractivity contribution is -0.385. The van der Waals surface area contributed by atoms with E-state index >= 15 is 0 Å². The fourth-order valence-electron chi connectivity index (χ4n) is 2.91. The SMILES string of the molecule is COCC1(CNC(=O)c2c(C)cccc2[N+](=O)[O-])CCCN1.Cl. The summed E-state index contributed by atoms with van der Waals surface area (Å²) in [5, 5.41) is 17.3. The first-order valence-electron chi connectivity index (χ1n) is 7.25. The Bertz CT molecular complexity index is 574. The normalized spacial score (nSPS) is 19.9. The topological polar surface area (TPSA) is 93.5 Å². The van der Waals surface area contributed by atoms with E-state index in [1.807, 2.05) is 0 Å². The number of halogens is 1. The van der Waals surface area contributed by atoms with Crippen LogP contribution in [0.5, 0.6) is 0 Å². The second-order valence-corrected chi connectivity index (χ2v) is 5.65. The zero-order valence-electron chi connectivity index (χ0n) is 13.3. The highest BCUT2D eigenvalue weighted by molar-refractivity contribution is 5.99. The van der Waals surface area contributed by atoms with Crippen LogP contribution in [0.1, 0.15) is 28.8 Å². The van der Waals surface area contributed by atoms with Gasteiger partial charge >= 0.3 is 0 Å². The molecule has 0 aromatic heterocycles. The van der Waals surface area contributed by atoms with Crippen molar-refractivity contribution in [3.8, 4) is 0 Å². The maximum absolute atomic E-state index is 12.4. The summed E-state index contributed by atoms with van der Waals surface area (Å²) >= 11 is 0. The molecule has 0 saturated carbocycles. The molecule has 23 heavy (non-hydrogen) atoms. The molecule has 128 valence electrons. The van der Waals surface area contributed by atoms with Crippen LogP contribution in [-0.2, 0) is 4.74 Å². The number of amides is 1. The Kier molecular flexibility index (Phi) is 6.93. The number of benzene rings is 1. The number of hydrogen-bond acceptors (Lipinski definition) is 5. The van der Waals surface area contributed by atoms with Gasteiger partial charge in [0.25, 0.3) is 11.6 Å². The van der Waals surface area contributed by atoms with E-state index in [9.17, 15) is 14.9 Å². The highest BCUT2D eigenvalue weighted by Gasteiger charge is 2.34. The summed E-state index contributed by atoms with van der Waals surface area (Å²) in [6.07, 6.45) is 1.92. The lowest BCUT2D eigenvalue weighted by Crippen LogP contribution is -2.53. The Morgan fingerprint density at radius 2 is 2.26 bits per heavy atom. The minimum Gasteiger partial charge on any atom is -0.383 e. The van der Waals surface area contributed by atoms with Gasteiger partial charge in [-0.15, -0.1) is 12.4 Å². The number of rotatable bonds is 6. The van der Waals surface area contributed by atoms with Crippen LogP contribution in [0.2, 0.25) is 0 Å². The van der Waals surface area contributed by atoms with Gasteiger partial charge in [-0.3, -0.25) is 14.9 Å². The summed E-state index contributed by atoms with van der Waals surface area (Å²) in [6, 6.07) is 4.62. The third-order valence-electron chi connectivity index (χ3n) is 4.01. The van der Waals surface area contributed by atoms with E-state index in [4.69, 9.17) is 4.74 Å². The molecule has 2 N–H and O–H groups in total. The fourth-order valence-corrected chi connectivity index (χ4v) is 2.91. The van der Waals surface area contributed by atoms with Crippen LogP contribution in [0.4, 0.5) is 5.69 Å². The summed E-state index contributed by atoms with van der Waals surface area (Å²) in [5.74, 6) is -0.422. The number of ether oxygens (including phenoxy) is 1. The van der Waals surface area contributed by atoms with E-state index in [-0.39, 0.29) is 29.2 Å². The average molecular weight is 344 g/mol. The molecule has 1 aromatic carbocycles. The Morgan fingerprint density at radius 1 is 1.52 bits per heavy atom. The zero-order valence-corrected chi connectivity index (χ0v) is 14.1. The van der Waals surface area contributed by atoms with Crippen LogP contribution in [0, 0.1) is 17.0 Å². The minimum absolute atomic E-state index is 0. The van der Waals surface area contributed by atoms with E-state index in [2.05, 4.69) is 10.6 Å². The summed E-state index contributed by atoms with van der Waals surface area (Å²) in [6.45, 7) is 3.44. The lowest BCUT2D eigenvalue weighted by Gasteiger charge is -2.29. The molecule has 0 spiro atoms. The van der Waals surface area contributed by atoms with Gasteiger partial charge in [-0.1, -0.05) is 12.1 Å². The summed E-state index contributed by atoms with van der Waals surface area (Å²) in [5.41, 5.74) is 0.254. The first-order chi connectivity index (χ1) is 10.5. The second kappa shape index (κ2) is 8.24. The number of nitrogens with one attached hydrogen (secondary N) is 2. The van der Waals surface area contributed by atoms with Crippen molar-refractivity contribution in [2.24, 2.45) is 0 Å². The monoisotopic (exact) mass is 343 g/mol. The first-order valence-corrected chi connectivity index (χ1v) is 7.25. The van der Waals surface area contributed by atoms with E-state index in [1.165, 1.54) is 6.07 Å². The predicted octanol–water partition coefficient (Wildman–Crippen LogP) is 1.82. The average Bonchev–Trinajstić information content (AvgIpc) is 2.94. The van der Waals surface area contributed by atoms with Gasteiger partial charge in [0.1, 0.15) is 5.56 Å². The van der Waals surface area contributed by atoms with Crippen molar-refractivity contribution < 1.29 is 14.5 Å². The number of nitro groups is 1. The lowest BCUT2D eigenvalue weighted by atomic mass is 9.98. The molecule has 0 aliphatic carbocycles. The Labute approximate surface area is 141 Å². The summed E-state index contributed by atoms with van der Waals surface area (Å²) < 4.78 is 5.23. The Balaban J connectivity index is 0.00000264. The molecule has 7 nitrogen and oxygen atoms in total. The second-order valence-electron chi connectivity index (χ2n) is 5.65. The van der Waals surface area contributed by atoms with Gasteiger partial charge in [0.15, 0.2) is 0 Å². The quantitative estimate of drug-likeness (QED) is 0.607. The van der Waals surface area contributed by atoms with E-state index in [0.29, 0.717) is 18.7 Å². The molecule has 1 saturated heterocycles. The summed E-state index contributed by atoms with van der Waals surface area (Å²) in [4.78, 5) is 23.0. The van der Waals surface area contributed by atoms with Gasteiger partial charge < -0.3 is 15.4 Å². The third kappa shape index (κ3) is 4.40. The third-order valence-corrected chi connectivity index (χ3v) is 4.01. The molecule has 1 aliphatic rings. The number of carbonyl (C=O) groups excluding carboxylic acids is 1. The molecule has 1 aromatic rings. The van der Waals surface area contributed by atoms with Crippen molar-refractivity contribution in [1.82, 2.24) is 10.6 Å². The van der Waals surface area contributed by atoms with E-state index < -0.39 is 10.8 Å². The van der Waals surface area contributed by atoms with Crippen molar-refractivity contribution in [2.75, 3.05) is 26.8 Å². The molecule has 1 unspecified atom stereocenters. The maximum atomic E-state index is 12.4. The molecule has 1 heterocycles. The number of nitro benzene ring substituents is 1. The number of nitrogens with zero attached hydrogens (tertiary/aromatic N) is 1. The van der Waals surface area contributed by atoms with Crippen LogP contribution in [0.15, 0.2) is 18.2 Å². The van der Waals surface area contributed by atoms with Gasteiger partial charge in [0.05, 0.1) is 17.1 Å².